The molecule has 0 bridgehead atoms. The zero-order chi connectivity index (χ0) is 10.7. The Morgan fingerprint density at radius 3 is 2.64 bits per heavy atom. The van der Waals surface area contributed by atoms with Gasteiger partial charge in [-0.1, -0.05) is 13.8 Å². The van der Waals surface area contributed by atoms with Crippen LogP contribution in [-0.2, 0) is 4.79 Å². The molecular formula is C11H22N2O. The fourth-order valence-corrected chi connectivity index (χ4v) is 2.16. The van der Waals surface area contributed by atoms with Crippen molar-refractivity contribution in [2.24, 2.45) is 5.92 Å². The van der Waals surface area contributed by atoms with E-state index in [-0.39, 0.29) is 5.91 Å². The Morgan fingerprint density at radius 2 is 2.14 bits per heavy atom. The van der Waals surface area contributed by atoms with E-state index in [4.69, 9.17) is 0 Å². The predicted octanol–water partition coefficient (Wildman–Crippen LogP) is 1.20. The number of likely N-dealkylation sites (tertiary alicyclic amines) is 1. The predicted molar refractivity (Wildman–Crippen MR) is 58.1 cm³/mol. The maximum Gasteiger partial charge on any atom is 0.236 e. The fraction of sp³-hybridized carbons (Fsp3) is 0.909. The van der Waals surface area contributed by atoms with Gasteiger partial charge in [-0.25, -0.2) is 0 Å². The molecule has 1 aliphatic rings. The first-order valence-corrected chi connectivity index (χ1v) is 5.46. The number of nitrogens with zero attached hydrogens (tertiary/aromatic N) is 2. The molecule has 1 rings (SSSR count). The lowest BCUT2D eigenvalue weighted by atomic mass is 10.0. The van der Waals surface area contributed by atoms with Crippen LogP contribution in [0.4, 0.5) is 0 Å². The summed E-state index contributed by atoms with van der Waals surface area (Å²) < 4.78 is 0. The summed E-state index contributed by atoms with van der Waals surface area (Å²) in [5.41, 5.74) is 0. The second-order valence-electron chi connectivity index (χ2n) is 4.78. The molecule has 3 nitrogen and oxygen atoms in total. The average molecular weight is 198 g/mol. The molecule has 0 radical (unpaired) electrons. The van der Waals surface area contributed by atoms with Gasteiger partial charge in [0.25, 0.3) is 0 Å². The van der Waals surface area contributed by atoms with Crippen molar-refractivity contribution in [1.29, 1.82) is 0 Å². The largest absolute Gasteiger partial charge is 0.338 e. The number of hydrogen-bond acceptors (Lipinski definition) is 2. The molecule has 1 heterocycles. The van der Waals surface area contributed by atoms with E-state index in [9.17, 15) is 4.79 Å². The van der Waals surface area contributed by atoms with Gasteiger partial charge in [-0.3, -0.25) is 4.79 Å². The van der Waals surface area contributed by atoms with Crippen LogP contribution in [0.1, 0.15) is 26.7 Å². The number of hydrogen-bond donors (Lipinski definition) is 0. The van der Waals surface area contributed by atoms with Gasteiger partial charge in [-0.05, 0) is 32.9 Å². The smallest absolute Gasteiger partial charge is 0.236 e. The fourth-order valence-electron chi connectivity index (χ4n) is 2.16. The first-order valence-electron chi connectivity index (χ1n) is 5.46. The summed E-state index contributed by atoms with van der Waals surface area (Å²) in [7, 11) is 3.89. The summed E-state index contributed by atoms with van der Waals surface area (Å²) in [4.78, 5) is 15.9. The van der Waals surface area contributed by atoms with E-state index in [2.05, 4.69) is 18.7 Å². The lowest BCUT2D eigenvalue weighted by Gasteiger charge is -2.28. The minimum absolute atomic E-state index is 0.284. The van der Waals surface area contributed by atoms with Gasteiger partial charge in [-0.15, -0.1) is 0 Å². The molecule has 1 atom stereocenters. The molecular weight excluding hydrogens is 176 g/mol. The van der Waals surface area contributed by atoms with Gasteiger partial charge in [0.15, 0.2) is 0 Å². The van der Waals surface area contributed by atoms with Gasteiger partial charge in [0.2, 0.25) is 5.91 Å². The number of carbonyl (C=O) groups excluding carboxylic acids is 1. The van der Waals surface area contributed by atoms with E-state index in [1.165, 1.54) is 12.8 Å². The Hall–Kier alpha value is -0.570. The van der Waals surface area contributed by atoms with Gasteiger partial charge in [0, 0.05) is 12.6 Å². The first-order chi connectivity index (χ1) is 6.52. The molecule has 0 saturated carbocycles. The van der Waals surface area contributed by atoms with Crippen molar-refractivity contribution in [3.8, 4) is 0 Å². The van der Waals surface area contributed by atoms with E-state index in [0.717, 1.165) is 6.54 Å². The van der Waals surface area contributed by atoms with Crippen molar-refractivity contribution in [2.75, 3.05) is 27.2 Å². The van der Waals surface area contributed by atoms with E-state index in [0.29, 0.717) is 18.5 Å². The summed E-state index contributed by atoms with van der Waals surface area (Å²) in [5, 5.41) is 0. The summed E-state index contributed by atoms with van der Waals surface area (Å²) in [6, 6.07) is 0.474. The van der Waals surface area contributed by atoms with Crippen LogP contribution < -0.4 is 0 Å². The number of amides is 1. The van der Waals surface area contributed by atoms with E-state index >= 15 is 0 Å². The molecule has 0 aliphatic carbocycles. The van der Waals surface area contributed by atoms with Crippen LogP contribution in [0.2, 0.25) is 0 Å². The molecule has 3 heteroatoms. The summed E-state index contributed by atoms with van der Waals surface area (Å²) in [5.74, 6) is 0.870. The van der Waals surface area contributed by atoms with Gasteiger partial charge >= 0.3 is 0 Å². The third-order valence-corrected chi connectivity index (χ3v) is 2.84. The van der Waals surface area contributed by atoms with Crippen LogP contribution >= 0.6 is 0 Å². The molecule has 1 amide bonds. The number of likely N-dealkylation sites (N-methyl/N-ethyl adjacent to an activating group) is 1. The topological polar surface area (TPSA) is 23.6 Å². The third-order valence-electron chi connectivity index (χ3n) is 2.84. The molecule has 1 aliphatic heterocycles. The van der Waals surface area contributed by atoms with E-state index in [1.54, 1.807) is 0 Å². The highest BCUT2D eigenvalue weighted by atomic mass is 16.2. The normalized spacial score (nSPS) is 22.4. The van der Waals surface area contributed by atoms with Gasteiger partial charge in [-0.2, -0.15) is 0 Å². The first kappa shape index (κ1) is 11.5. The van der Waals surface area contributed by atoms with Crippen molar-refractivity contribution in [3.63, 3.8) is 0 Å². The summed E-state index contributed by atoms with van der Waals surface area (Å²) in [6.45, 7) is 5.90. The summed E-state index contributed by atoms with van der Waals surface area (Å²) in [6.07, 6.45) is 2.35. The van der Waals surface area contributed by atoms with Crippen LogP contribution in [0.25, 0.3) is 0 Å². The summed E-state index contributed by atoms with van der Waals surface area (Å²) >= 11 is 0. The highest BCUT2D eigenvalue weighted by Gasteiger charge is 2.30. The number of rotatable bonds is 3. The standard InChI is InChI=1S/C11H22N2O/c1-9(2)10-6-5-7-13(10)11(14)8-12(3)4/h9-10H,5-8H2,1-4H3/t10-/m0/s1. The van der Waals surface area contributed by atoms with E-state index in [1.807, 2.05) is 19.0 Å². The Bertz CT molecular complexity index is 201. The van der Waals surface area contributed by atoms with Crippen LogP contribution in [0, 0.1) is 5.92 Å². The Balaban J connectivity index is 2.53. The Kier molecular flexibility index (Phi) is 3.93. The van der Waals surface area contributed by atoms with Crippen molar-refractivity contribution in [3.05, 3.63) is 0 Å². The zero-order valence-corrected chi connectivity index (χ0v) is 9.79. The molecule has 14 heavy (non-hydrogen) atoms. The second-order valence-corrected chi connectivity index (χ2v) is 4.78. The highest BCUT2D eigenvalue weighted by Crippen LogP contribution is 2.23. The number of carbonyl (C=O) groups is 1. The van der Waals surface area contributed by atoms with Crippen molar-refractivity contribution in [2.45, 2.75) is 32.7 Å². The maximum atomic E-state index is 11.9. The Labute approximate surface area is 87.1 Å². The lowest BCUT2D eigenvalue weighted by Crippen LogP contribution is -2.42. The molecule has 0 aromatic carbocycles. The molecule has 0 spiro atoms. The minimum Gasteiger partial charge on any atom is -0.338 e. The quantitative estimate of drug-likeness (QED) is 0.680. The van der Waals surface area contributed by atoms with Crippen LogP contribution in [0.15, 0.2) is 0 Å². The SMILES string of the molecule is CC(C)[C@@H]1CCCN1C(=O)CN(C)C. The third kappa shape index (κ3) is 2.71. The van der Waals surface area contributed by atoms with Crippen LogP contribution in [0.5, 0.6) is 0 Å². The van der Waals surface area contributed by atoms with Crippen molar-refractivity contribution in [1.82, 2.24) is 9.80 Å². The van der Waals surface area contributed by atoms with Gasteiger partial charge in [0.1, 0.15) is 0 Å². The van der Waals surface area contributed by atoms with Gasteiger partial charge in [0.05, 0.1) is 6.54 Å². The molecule has 0 aromatic heterocycles. The van der Waals surface area contributed by atoms with Gasteiger partial charge < -0.3 is 9.80 Å². The molecule has 0 N–H and O–H groups in total. The molecule has 82 valence electrons. The zero-order valence-electron chi connectivity index (χ0n) is 9.79. The van der Waals surface area contributed by atoms with Crippen LogP contribution in [0.3, 0.4) is 0 Å². The Morgan fingerprint density at radius 1 is 1.50 bits per heavy atom. The maximum absolute atomic E-state index is 11.9. The van der Waals surface area contributed by atoms with Crippen molar-refractivity contribution >= 4 is 5.91 Å². The second kappa shape index (κ2) is 4.78. The lowest BCUT2D eigenvalue weighted by molar-refractivity contribution is -0.133. The van der Waals surface area contributed by atoms with Crippen LogP contribution in [-0.4, -0.2) is 48.9 Å². The average Bonchev–Trinajstić information content (AvgIpc) is 2.49. The molecule has 0 unspecified atom stereocenters. The monoisotopic (exact) mass is 198 g/mol. The molecule has 1 saturated heterocycles. The van der Waals surface area contributed by atoms with Crippen molar-refractivity contribution < 1.29 is 4.79 Å². The molecule has 0 aromatic rings. The minimum atomic E-state index is 0.284. The highest BCUT2D eigenvalue weighted by molar-refractivity contribution is 5.78. The van der Waals surface area contributed by atoms with E-state index < -0.39 is 0 Å². The molecule has 1 fully saturated rings.